The average Bonchev–Trinajstić information content (AvgIpc) is 2.77. The molecule has 0 aliphatic rings. The number of aromatic nitrogens is 1. The molecule has 0 saturated carbocycles. The lowest BCUT2D eigenvalue weighted by atomic mass is 10.2. The van der Waals surface area contributed by atoms with E-state index in [9.17, 15) is 0 Å². The standard InChI is InChI=1S/C14H18N2S/c1-11-5-6-14(17-11)12(2)16-9-7-13-4-3-8-15-10-13/h3-6,8,10,12,16H,7,9H2,1-2H3. The van der Waals surface area contributed by atoms with Crippen LogP contribution in [0.3, 0.4) is 0 Å². The van der Waals surface area contributed by atoms with Crippen LogP contribution in [-0.4, -0.2) is 11.5 Å². The van der Waals surface area contributed by atoms with Crippen LogP contribution < -0.4 is 5.32 Å². The highest BCUT2D eigenvalue weighted by Gasteiger charge is 2.06. The molecule has 0 radical (unpaired) electrons. The number of pyridine rings is 1. The van der Waals surface area contributed by atoms with Crippen molar-refractivity contribution in [3.63, 3.8) is 0 Å². The molecule has 2 heterocycles. The second-order valence-corrected chi connectivity index (χ2v) is 5.55. The van der Waals surface area contributed by atoms with Gasteiger partial charge < -0.3 is 5.32 Å². The minimum atomic E-state index is 0.436. The number of aryl methyl sites for hydroxylation is 1. The summed E-state index contributed by atoms with van der Waals surface area (Å²) >= 11 is 1.87. The monoisotopic (exact) mass is 246 g/mol. The molecule has 0 amide bonds. The number of nitrogens with one attached hydrogen (secondary N) is 1. The van der Waals surface area contributed by atoms with Crippen LogP contribution in [0, 0.1) is 6.92 Å². The molecular weight excluding hydrogens is 228 g/mol. The van der Waals surface area contributed by atoms with Crippen molar-refractivity contribution in [3.8, 4) is 0 Å². The van der Waals surface area contributed by atoms with Crippen LogP contribution >= 0.6 is 11.3 Å². The predicted octanol–water partition coefficient (Wildman–Crippen LogP) is 3.34. The summed E-state index contributed by atoms with van der Waals surface area (Å²) in [7, 11) is 0. The topological polar surface area (TPSA) is 24.9 Å². The van der Waals surface area contributed by atoms with Gasteiger partial charge in [0.25, 0.3) is 0 Å². The van der Waals surface area contributed by atoms with E-state index in [0.717, 1.165) is 13.0 Å². The fourth-order valence-corrected chi connectivity index (χ4v) is 2.67. The van der Waals surface area contributed by atoms with E-state index in [4.69, 9.17) is 0 Å². The highest BCUT2D eigenvalue weighted by Crippen LogP contribution is 2.21. The van der Waals surface area contributed by atoms with Crippen molar-refractivity contribution in [2.24, 2.45) is 0 Å². The molecule has 1 unspecified atom stereocenters. The Morgan fingerprint density at radius 2 is 2.24 bits per heavy atom. The van der Waals surface area contributed by atoms with E-state index in [1.54, 1.807) is 0 Å². The first-order valence-electron chi connectivity index (χ1n) is 5.94. The molecule has 90 valence electrons. The Kier molecular flexibility index (Phi) is 4.29. The van der Waals surface area contributed by atoms with Crippen molar-refractivity contribution in [1.82, 2.24) is 10.3 Å². The fourth-order valence-electron chi connectivity index (χ4n) is 1.77. The number of hydrogen-bond acceptors (Lipinski definition) is 3. The van der Waals surface area contributed by atoms with Gasteiger partial charge in [-0.25, -0.2) is 0 Å². The zero-order valence-electron chi connectivity index (χ0n) is 10.3. The van der Waals surface area contributed by atoms with Crippen LogP contribution in [0.1, 0.15) is 28.3 Å². The highest BCUT2D eigenvalue weighted by molar-refractivity contribution is 7.12. The van der Waals surface area contributed by atoms with Gasteiger partial charge in [-0.05, 0) is 50.6 Å². The van der Waals surface area contributed by atoms with E-state index in [1.807, 2.05) is 29.8 Å². The molecule has 3 heteroatoms. The van der Waals surface area contributed by atoms with Gasteiger partial charge in [0.15, 0.2) is 0 Å². The molecule has 2 nitrogen and oxygen atoms in total. The molecule has 1 N–H and O–H groups in total. The highest BCUT2D eigenvalue weighted by atomic mass is 32.1. The van der Waals surface area contributed by atoms with Crippen molar-refractivity contribution >= 4 is 11.3 Å². The van der Waals surface area contributed by atoms with Gasteiger partial charge in [-0.1, -0.05) is 6.07 Å². The Morgan fingerprint density at radius 1 is 1.35 bits per heavy atom. The van der Waals surface area contributed by atoms with Crippen LogP contribution in [0.15, 0.2) is 36.7 Å². The summed E-state index contributed by atoms with van der Waals surface area (Å²) in [5, 5.41) is 3.54. The first-order valence-corrected chi connectivity index (χ1v) is 6.76. The maximum Gasteiger partial charge on any atom is 0.0386 e. The Labute approximate surface area is 107 Å². The van der Waals surface area contributed by atoms with Crippen LogP contribution in [0.25, 0.3) is 0 Å². The number of rotatable bonds is 5. The smallest absolute Gasteiger partial charge is 0.0386 e. The third-order valence-corrected chi connectivity index (χ3v) is 3.96. The van der Waals surface area contributed by atoms with E-state index in [-0.39, 0.29) is 0 Å². The van der Waals surface area contributed by atoms with Crippen LogP contribution in [-0.2, 0) is 6.42 Å². The quantitative estimate of drug-likeness (QED) is 0.875. The summed E-state index contributed by atoms with van der Waals surface area (Å²) in [5.74, 6) is 0. The Hall–Kier alpha value is -1.19. The van der Waals surface area contributed by atoms with Gasteiger partial charge in [-0.3, -0.25) is 4.98 Å². The fraction of sp³-hybridized carbons (Fsp3) is 0.357. The molecule has 0 aliphatic carbocycles. The van der Waals surface area contributed by atoms with E-state index in [2.05, 4.69) is 42.3 Å². The third-order valence-electron chi connectivity index (χ3n) is 2.77. The molecule has 1 atom stereocenters. The molecule has 0 bridgehead atoms. The lowest BCUT2D eigenvalue weighted by molar-refractivity contribution is 0.584. The maximum atomic E-state index is 4.12. The lowest BCUT2D eigenvalue weighted by Gasteiger charge is -2.11. The normalized spacial score (nSPS) is 12.6. The SMILES string of the molecule is Cc1ccc(C(C)NCCc2cccnc2)s1. The van der Waals surface area contributed by atoms with Crippen molar-refractivity contribution < 1.29 is 0 Å². The molecule has 0 aliphatic heterocycles. The summed E-state index contributed by atoms with van der Waals surface area (Å²) in [6.45, 7) is 5.36. The summed E-state index contributed by atoms with van der Waals surface area (Å²) in [6, 6.07) is 8.93. The Bertz CT molecular complexity index is 450. The predicted molar refractivity (Wildman–Crippen MR) is 73.4 cm³/mol. The first-order chi connectivity index (χ1) is 8.25. The molecule has 0 spiro atoms. The lowest BCUT2D eigenvalue weighted by Crippen LogP contribution is -2.20. The summed E-state index contributed by atoms with van der Waals surface area (Å²) < 4.78 is 0. The minimum absolute atomic E-state index is 0.436. The number of hydrogen-bond donors (Lipinski definition) is 1. The van der Waals surface area contributed by atoms with Crippen molar-refractivity contribution in [2.45, 2.75) is 26.3 Å². The first kappa shape index (κ1) is 12.3. The van der Waals surface area contributed by atoms with Gasteiger partial charge in [0.1, 0.15) is 0 Å². The zero-order valence-corrected chi connectivity index (χ0v) is 11.1. The van der Waals surface area contributed by atoms with Gasteiger partial charge in [0.2, 0.25) is 0 Å². The van der Waals surface area contributed by atoms with Gasteiger partial charge in [-0.15, -0.1) is 11.3 Å². The van der Waals surface area contributed by atoms with Crippen molar-refractivity contribution in [2.75, 3.05) is 6.54 Å². The molecular formula is C14H18N2S. The van der Waals surface area contributed by atoms with Crippen LogP contribution in [0.2, 0.25) is 0 Å². The van der Waals surface area contributed by atoms with Crippen LogP contribution in [0.4, 0.5) is 0 Å². The minimum Gasteiger partial charge on any atom is -0.309 e. The van der Waals surface area contributed by atoms with E-state index < -0.39 is 0 Å². The van der Waals surface area contributed by atoms with Crippen LogP contribution in [0.5, 0.6) is 0 Å². The third kappa shape index (κ3) is 3.65. The van der Waals surface area contributed by atoms with Gasteiger partial charge in [0, 0.05) is 28.2 Å². The zero-order chi connectivity index (χ0) is 12.1. The molecule has 2 aromatic heterocycles. The van der Waals surface area contributed by atoms with Gasteiger partial charge in [-0.2, -0.15) is 0 Å². The van der Waals surface area contributed by atoms with Gasteiger partial charge >= 0.3 is 0 Å². The van der Waals surface area contributed by atoms with Gasteiger partial charge in [0.05, 0.1) is 0 Å². The largest absolute Gasteiger partial charge is 0.309 e. The van der Waals surface area contributed by atoms with E-state index in [0.29, 0.717) is 6.04 Å². The second-order valence-electron chi connectivity index (χ2n) is 4.24. The Morgan fingerprint density at radius 3 is 2.88 bits per heavy atom. The molecule has 2 aromatic rings. The summed E-state index contributed by atoms with van der Waals surface area (Å²) in [5.41, 5.74) is 1.29. The number of thiophene rings is 1. The summed E-state index contributed by atoms with van der Waals surface area (Å²) in [6.07, 6.45) is 4.78. The molecule has 0 saturated heterocycles. The van der Waals surface area contributed by atoms with E-state index in [1.165, 1.54) is 15.3 Å². The summed E-state index contributed by atoms with van der Waals surface area (Å²) in [4.78, 5) is 6.90. The molecule has 17 heavy (non-hydrogen) atoms. The van der Waals surface area contributed by atoms with Crippen molar-refractivity contribution in [3.05, 3.63) is 52.0 Å². The molecule has 0 aromatic carbocycles. The van der Waals surface area contributed by atoms with Crippen molar-refractivity contribution in [1.29, 1.82) is 0 Å². The number of nitrogens with zero attached hydrogens (tertiary/aromatic N) is 1. The Balaban J connectivity index is 1.79. The molecule has 2 rings (SSSR count). The average molecular weight is 246 g/mol. The van der Waals surface area contributed by atoms with E-state index >= 15 is 0 Å². The molecule has 0 fully saturated rings. The maximum absolute atomic E-state index is 4.12. The second kappa shape index (κ2) is 5.94.